The number of carbonyl (C=O) groups is 1. The van der Waals surface area contributed by atoms with Crippen LogP contribution in [0, 0.1) is 6.92 Å². The molecule has 0 amide bonds. The van der Waals surface area contributed by atoms with Gasteiger partial charge in [0.05, 0.1) is 5.76 Å². The van der Waals surface area contributed by atoms with E-state index in [9.17, 15) is 9.90 Å². The molecule has 1 N–H and O–H groups in total. The van der Waals surface area contributed by atoms with Gasteiger partial charge in [-0.15, -0.1) is 0 Å². The van der Waals surface area contributed by atoms with Gasteiger partial charge in [-0.25, -0.2) is 0 Å². The Hall–Kier alpha value is -1.57. The summed E-state index contributed by atoms with van der Waals surface area (Å²) in [6.45, 7) is 2.03. The molecule has 0 spiro atoms. The highest BCUT2D eigenvalue weighted by molar-refractivity contribution is 5.91. The Morgan fingerprint density at radius 2 is 1.87 bits per heavy atom. The summed E-state index contributed by atoms with van der Waals surface area (Å²) in [5.74, 6) is 0.365. The minimum Gasteiger partial charge on any atom is -0.512 e. The van der Waals surface area contributed by atoms with Crippen molar-refractivity contribution in [2.24, 2.45) is 0 Å². The van der Waals surface area contributed by atoms with Crippen molar-refractivity contribution >= 4 is 5.78 Å². The average Bonchev–Trinajstić information content (AvgIpc) is 2.17. The third-order valence-corrected chi connectivity index (χ3v) is 2.78. The molecule has 0 aromatic heterocycles. The van der Waals surface area contributed by atoms with Gasteiger partial charge >= 0.3 is 0 Å². The Balaban J connectivity index is 2.22. The highest BCUT2D eigenvalue weighted by Gasteiger charge is 2.21. The van der Waals surface area contributed by atoms with Crippen molar-refractivity contribution in [3.05, 3.63) is 47.2 Å². The van der Waals surface area contributed by atoms with Gasteiger partial charge in [-0.05, 0) is 18.4 Å². The number of hydrogen-bond acceptors (Lipinski definition) is 2. The van der Waals surface area contributed by atoms with Crippen LogP contribution in [0.3, 0.4) is 0 Å². The van der Waals surface area contributed by atoms with Crippen LogP contribution in [0.4, 0.5) is 0 Å². The quantitative estimate of drug-likeness (QED) is 0.760. The molecule has 1 aromatic carbocycles. The molecule has 0 heterocycles. The highest BCUT2D eigenvalue weighted by atomic mass is 16.3. The number of hydrogen-bond donors (Lipinski definition) is 1. The largest absolute Gasteiger partial charge is 0.512 e. The second-order valence-corrected chi connectivity index (χ2v) is 4.12. The molecule has 0 saturated heterocycles. The summed E-state index contributed by atoms with van der Waals surface area (Å²) in [7, 11) is 0. The molecule has 1 atom stereocenters. The third kappa shape index (κ3) is 2.27. The molecule has 0 fully saturated rings. The Morgan fingerprint density at radius 3 is 2.47 bits per heavy atom. The first-order valence-corrected chi connectivity index (χ1v) is 5.14. The summed E-state index contributed by atoms with van der Waals surface area (Å²) in [5, 5.41) is 9.41. The Bertz CT molecular complexity index is 401. The van der Waals surface area contributed by atoms with E-state index in [2.05, 4.69) is 0 Å². The van der Waals surface area contributed by atoms with E-state index < -0.39 is 0 Å². The lowest BCUT2D eigenvalue weighted by atomic mass is 9.86. The fourth-order valence-electron chi connectivity index (χ4n) is 1.95. The van der Waals surface area contributed by atoms with E-state index in [4.69, 9.17) is 0 Å². The fraction of sp³-hybridized carbons (Fsp3) is 0.308. The molecule has 2 rings (SSSR count). The van der Waals surface area contributed by atoms with Crippen molar-refractivity contribution in [1.29, 1.82) is 0 Å². The SMILES string of the molecule is Cc1ccc([C@H]2CC(=O)C=C(O)C2)cc1. The van der Waals surface area contributed by atoms with Crippen LogP contribution < -0.4 is 0 Å². The molecular weight excluding hydrogens is 188 g/mol. The minimum atomic E-state index is 0.0179. The van der Waals surface area contributed by atoms with Gasteiger partial charge in [0.15, 0.2) is 5.78 Å². The first-order valence-electron chi connectivity index (χ1n) is 5.14. The van der Waals surface area contributed by atoms with Gasteiger partial charge in [-0.1, -0.05) is 29.8 Å². The number of carbonyl (C=O) groups excluding carboxylic acids is 1. The standard InChI is InChI=1S/C13H14O2/c1-9-2-4-10(5-3-9)11-6-12(14)8-13(15)7-11/h2-5,8,11,14H,6-7H2,1H3/t11-/m1/s1. The van der Waals surface area contributed by atoms with Crippen LogP contribution in [0.2, 0.25) is 0 Å². The summed E-state index contributed by atoms with van der Waals surface area (Å²) in [4.78, 5) is 11.3. The molecular formula is C13H14O2. The van der Waals surface area contributed by atoms with Crippen molar-refractivity contribution in [1.82, 2.24) is 0 Å². The molecule has 0 aliphatic heterocycles. The lowest BCUT2D eigenvalue weighted by molar-refractivity contribution is -0.115. The predicted octanol–water partition coefficient (Wildman–Crippen LogP) is 2.88. The van der Waals surface area contributed by atoms with Crippen LogP contribution in [0.1, 0.15) is 29.9 Å². The van der Waals surface area contributed by atoms with Crippen molar-refractivity contribution < 1.29 is 9.90 Å². The molecule has 1 aliphatic carbocycles. The first kappa shape index (κ1) is 9.97. The number of aryl methyl sites for hydroxylation is 1. The number of allylic oxidation sites excluding steroid dienone is 2. The molecule has 2 nitrogen and oxygen atoms in total. The van der Waals surface area contributed by atoms with Crippen LogP contribution in [0.15, 0.2) is 36.1 Å². The summed E-state index contributed by atoms with van der Waals surface area (Å²) in [6, 6.07) is 8.14. The summed E-state index contributed by atoms with van der Waals surface area (Å²) in [6.07, 6.45) is 2.42. The van der Waals surface area contributed by atoms with Gasteiger partial charge in [0.2, 0.25) is 0 Å². The maximum Gasteiger partial charge on any atom is 0.159 e. The Labute approximate surface area is 89.2 Å². The minimum absolute atomic E-state index is 0.0179. The van der Waals surface area contributed by atoms with Crippen LogP contribution in [-0.2, 0) is 4.79 Å². The molecule has 0 unspecified atom stereocenters. The van der Waals surface area contributed by atoms with E-state index in [-0.39, 0.29) is 17.5 Å². The second-order valence-electron chi connectivity index (χ2n) is 4.12. The normalized spacial score (nSPS) is 21.3. The average molecular weight is 202 g/mol. The van der Waals surface area contributed by atoms with Gasteiger partial charge in [0.25, 0.3) is 0 Å². The number of rotatable bonds is 1. The lowest BCUT2D eigenvalue weighted by Crippen LogP contribution is -2.12. The number of benzene rings is 1. The zero-order valence-corrected chi connectivity index (χ0v) is 8.73. The van der Waals surface area contributed by atoms with Crippen molar-refractivity contribution in [3.63, 3.8) is 0 Å². The molecule has 78 valence electrons. The van der Waals surface area contributed by atoms with E-state index in [1.54, 1.807) is 0 Å². The summed E-state index contributed by atoms with van der Waals surface area (Å²) in [5.41, 5.74) is 2.34. The second kappa shape index (κ2) is 3.89. The van der Waals surface area contributed by atoms with Gasteiger partial charge < -0.3 is 5.11 Å². The number of aliphatic hydroxyl groups is 1. The van der Waals surface area contributed by atoms with Crippen molar-refractivity contribution in [2.45, 2.75) is 25.7 Å². The number of ketones is 1. The Morgan fingerprint density at radius 1 is 1.20 bits per heavy atom. The summed E-state index contributed by atoms with van der Waals surface area (Å²) >= 11 is 0. The molecule has 1 aliphatic rings. The Kier molecular flexibility index (Phi) is 2.58. The summed E-state index contributed by atoms with van der Waals surface area (Å²) < 4.78 is 0. The van der Waals surface area contributed by atoms with Gasteiger partial charge in [-0.3, -0.25) is 4.79 Å². The van der Waals surface area contributed by atoms with Crippen LogP contribution >= 0.6 is 0 Å². The smallest absolute Gasteiger partial charge is 0.159 e. The molecule has 2 heteroatoms. The van der Waals surface area contributed by atoms with Crippen LogP contribution in [-0.4, -0.2) is 10.9 Å². The first-order chi connectivity index (χ1) is 7.15. The van der Waals surface area contributed by atoms with Crippen LogP contribution in [0.5, 0.6) is 0 Å². The van der Waals surface area contributed by atoms with Crippen molar-refractivity contribution in [3.8, 4) is 0 Å². The van der Waals surface area contributed by atoms with Gasteiger partial charge in [0.1, 0.15) is 0 Å². The third-order valence-electron chi connectivity index (χ3n) is 2.78. The molecule has 15 heavy (non-hydrogen) atoms. The van der Waals surface area contributed by atoms with E-state index in [0.717, 1.165) is 5.56 Å². The van der Waals surface area contributed by atoms with E-state index >= 15 is 0 Å². The van der Waals surface area contributed by atoms with E-state index in [0.29, 0.717) is 12.8 Å². The lowest BCUT2D eigenvalue weighted by Gasteiger charge is -2.19. The van der Waals surface area contributed by atoms with Gasteiger partial charge in [0, 0.05) is 18.9 Å². The number of aliphatic hydroxyl groups excluding tert-OH is 1. The molecule has 1 aromatic rings. The zero-order valence-electron chi connectivity index (χ0n) is 8.73. The fourth-order valence-corrected chi connectivity index (χ4v) is 1.95. The van der Waals surface area contributed by atoms with E-state index in [1.807, 2.05) is 31.2 Å². The van der Waals surface area contributed by atoms with Crippen LogP contribution in [0.25, 0.3) is 0 Å². The highest BCUT2D eigenvalue weighted by Crippen LogP contribution is 2.30. The van der Waals surface area contributed by atoms with Gasteiger partial charge in [-0.2, -0.15) is 0 Å². The topological polar surface area (TPSA) is 37.3 Å². The zero-order chi connectivity index (χ0) is 10.8. The van der Waals surface area contributed by atoms with Crippen molar-refractivity contribution in [2.75, 3.05) is 0 Å². The maximum atomic E-state index is 11.3. The van der Waals surface area contributed by atoms with E-state index in [1.165, 1.54) is 11.6 Å². The predicted molar refractivity (Wildman–Crippen MR) is 58.9 cm³/mol. The molecule has 0 saturated carbocycles. The monoisotopic (exact) mass is 202 g/mol. The maximum absolute atomic E-state index is 11.3. The molecule has 0 radical (unpaired) electrons. The molecule has 0 bridgehead atoms.